The lowest BCUT2D eigenvalue weighted by molar-refractivity contribution is -0.146. The van der Waals surface area contributed by atoms with E-state index in [1.165, 1.54) is 20.9 Å². The van der Waals surface area contributed by atoms with Crippen LogP contribution in [0.3, 0.4) is 0 Å². The molecule has 1 rings (SSSR count). The van der Waals surface area contributed by atoms with Gasteiger partial charge < -0.3 is 15.3 Å². The average Bonchev–Trinajstić information content (AvgIpc) is 2.39. The van der Waals surface area contributed by atoms with Crippen LogP contribution in [0.2, 0.25) is 0 Å². The van der Waals surface area contributed by atoms with Gasteiger partial charge in [-0.3, -0.25) is 0 Å². The number of urea groups is 1. The van der Waals surface area contributed by atoms with Crippen molar-refractivity contribution in [3.63, 3.8) is 0 Å². The molecule has 1 aromatic carbocycles. The van der Waals surface area contributed by atoms with Gasteiger partial charge in [0.05, 0.1) is 11.6 Å². The molecule has 0 heterocycles. The molecule has 0 aromatic heterocycles. The molecule has 0 saturated heterocycles. The summed E-state index contributed by atoms with van der Waals surface area (Å²) >= 11 is 0. The predicted octanol–water partition coefficient (Wildman–Crippen LogP) is 2.19. The van der Waals surface area contributed by atoms with Gasteiger partial charge in [0, 0.05) is 12.7 Å². The Morgan fingerprint density at radius 1 is 1.40 bits per heavy atom. The molecule has 0 aliphatic rings. The first kappa shape index (κ1) is 15.5. The van der Waals surface area contributed by atoms with E-state index in [-0.39, 0.29) is 0 Å². The first-order valence-corrected chi connectivity index (χ1v) is 5.99. The van der Waals surface area contributed by atoms with E-state index in [0.717, 1.165) is 10.5 Å². The minimum Gasteiger partial charge on any atom is -0.480 e. The SMILES string of the molecule is Cc1ccc(C#N)cc1NC(=O)N(C)C(C)(C)C(=O)O. The van der Waals surface area contributed by atoms with Gasteiger partial charge in [0.1, 0.15) is 5.54 Å². The van der Waals surface area contributed by atoms with Crippen LogP contribution >= 0.6 is 0 Å². The Kier molecular flexibility index (Phi) is 4.35. The maximum atomic E-state index is 12.1. The van der Waals surface area contributed by atoms with Gasteiger partial charge in [0.15, 0.2) is 0 Å². The summed E-state index contributed by atoms with van der Waals surface area (Å²) in [5.41, 5.74) is 0.372. The van der Waals surface area contributed by atoms with E-state index < -0.39 is 17.5 Å². The standard InChI is InChI=1S/C14H17N3O3/c1-9-5-6-10(8-15)7-11(9)16-13(20)17(4)14(2,3)12(18)19/h5-7H,1-4H3,(H,16,20)(H,18,19). The number of nitriles is 1. The zero-order valence-electron chi connectivity index (χ0n) is 11.9. The van der Waals surface area contributed by atoms with E-state index in [9.17, 15) is 9.59 Å². The summed E-state index contributed by atoms with van der Waals surface area (Å²) in [6.45, 7) is 4.67. The molecule has 6 heteroatoms. The van der Waals surface area contributed by atoms with Crippen LogP contribution in [0.15, 0.2) is 18.2 Å². The van der Waals surface area contributed by atoms with Gasteiger partial charge in [-0.15, -0.1) is 0 Å². The van der Waals surface area contributed by atoms with Crippen LogP contribution in [0.25, 0.3) is 0 Å². The highest BCUT2D eigenvalue weighted by molar-refractivity contribution is 5.94. The molecule has 106 valence electrons. The summed E-state index contributed by atoms with van der Waals surface area (Å²) in [4.78, 5) is 24.3. The second-order valence-corrected chi connectivity index (χ2v) is 4.99. The topological polar surface area (TPSA) is 93.4 Å². The number of likely N-dealkylation sites (N-methyl/N-ethyl adjacent to an activating group) is 1. The molecule has 6 nitrogen and oxygen atoms in total. The van der Waals surface area contributed by atoms with Crippen molar-refractivity contribution in [3.05, 3.63) is 29.3 Å². The van der Waals surface area contributed by atoms with Crippen molar-refractivity contribution in [2.24, 2.45) is 0 Å². The molecule has 0 atom stereocenters. The molecule has 0 bridgehead atoms. The van der Waals surface area contributed by atoms with Gasteiger partial charge in [0.25, 0.3) is 0 Å². The number of anilines is 1. The van der Waals surface area contributed by atoms with Gasteiger partial charge in [-0.05, 0) is 38.5 Å². The van der Waals surface area contributed by atoms with Gasteiger partial charge in [-0.2, -0.15) is 5.26 Å². The number of aryl methyl sites for hydroxylation is 1. The molecule has 0 saturated carbocycles. The number of rotatable bonds is 3. The fraction of sp³-hybridized carbons (Fsp3) is 0.357. The number of carboxylic acids is 1. The summed E-state index contributed by atoms with van der Waals surface area (Å²) < 4.78 is 0. The highest BCUT2D eigenvalue weighted by atomic mass is 16.4. The number of aliphatic carboxylic acids is 1. The van der Waals surface area contributed by atoms with E-state index in [4.69, 9.17) is 10.4 Å². The van der Waals surface area contributed by atoms with Gasteiger partial charge >= 0.3 is 12.0 Å². The number of carbonyl (C=O) groups is 2. The molecule has 0 spiro atoms. The quantitative estimate of drug-likeness (QED) is 0.884. The second kappa shape index (κ2) is 5.61. The Morgan fingerprint density at radius 2 is 2.00 bits per heavy atom. The van der Waals surface area contributed by atoms with Crippen molar-refractivity contribution >= 4 is 17.7 Å². The maximum absolute atomic E-state index is 12.1. The molecule has 2 N–H and O–H groups in total. The van der Waals surface area contributed by atoms with Crippen LogP contribution in [0, 0.1) is 18.3 Å². The number of benzene rings is 1. The minimum atomic E-state index is -1.33. The lowest BCUT2D eigenvalue weighted by Gasteiger charge is -2.31. The number of nitrogens with zero attached hydrogens (tertiary/aromatic N) is 2. The molecule has 2 amide bonds. The van der Waals surface area contributed by atoms with Gasteiger partial charge in [0.2, 0.25) is 0 Å². The molecule has 0 radical (unpaired) electrons. The Balaban J connectivity index is 2.97. The summed E-state index contributed by atoms with van der Waals surface area (Å²) in [7, 11) is 1.41. The van der Waals surface area contributed by atoms with Crippen molar-refractivity contribution in [1.29, 1.82) is 5.26 Å². The molecule has 20 heavy (non-hydrogen) atoms. The number of amides is 2. The van der Waals surface area contributed by atoms with Crippen molar-refractivity contribution in [2.75, 3.05) is 12.4 Å². The lowest BCUT2D eigenvalue weighted by Crippen LogP contribution is -2.52. The fourth-order valence-corrected chi connectivity index (χ4v) is 1.42. The van der Waals surface area contributed by atoms with E-state index in [1.807, 2.05) is 6.07 Å². The first-order valence-electron chi connectivity index (χ1n) is 5.99. The van der Waals surface area contributed by atoms with Crippen LogP contribution < -0.4 is 5.32 Å². The lowest BCUT2D eigenvalue weighted by atomic mass is 10.0. The first-order chi connectivity index (χ1) is 9.20. The highest BCUT2D eigenvalue weighted by Gasteiger charge is 2.35. The second-order valence-electron chi connectivity index (χ2n) is 4.99. The summed E-state index contributed by atoms with van der Waals surface area (Å²) in [5.74, 6) is -1.10. The monoisotopic (exact) mass is 275 g/mol. The van der Waals surface area contributed by atoms with Crippen LogP contribution in [0.4, 0.5) is 10.5 Å². The summed E-state index contributed by atoms with van der Waals surface area (Å²) in [6, 6.07) is 6.36. The number of hydrogen-bond acceptors (Lipinski definition) is 3. The molecule has 0 aliphatic carbocycles. The van der Waals surface area contributed by atoms with E-state index in [1.54, 1.807) is 25.1 Å². The fourth-order valence-electron chi connectivity index (χ4n) is 1.42. The zero-order chi connectivity index (χ0) is 15.5. The highest BCUT2D eigenvalue weighted by Crippen LogP contribution is 2.19. The summed E-state index contributed by atoms with van der Waals surface area (Å²) in [6.07, 6.45) is 0. The van der Waals surface area contributed by atoms with E-state index >= 15 is 0 Å². The van der Waals surface area contributed by atoms with E-state index in [0.29, 0.717) is 11.3 Å². The third-order valence-electron chi connectivity index (χ3n) is 3.27. The molecular weight excluding hydrogens is 258 g/mol. The Labute approximate surface area is 117 Å². The number of carboxylic acid groups (broad SMARTS) is 1. The minimum absolute atomic E-state index is 0.422. The molecular formula is C14H17N3O3. The third kappa shape index (κ3) is 3.06. The van der Waals surface area contributed by atoms with Gasteiger partial charge in [-0.25, -0.2) is 9.59 Å². The Bertz CT molecular complexity index is 588. The number of hydrogen-bond donors (Lipinski definition) is 2. The van der Waals surface area contributed by atoms with Crippen LogP contribution in [-0.2, 0) is 4.79 Å². The molecule has 0 fully saturated rings. The van der Waals surface area contributed by atoms with Crippen LogP contribution in [-0.4, -0.2) is 34.6 Å². The maximum Gasteiger partial charge on any atom is 0.329 e. The third-order valence-corrected chi connectivity index (χ3v) is 3.27. The van der Waals surface area contributed by atoms with Crippen LogP contribution in [0.1, 0.15) is 25.0 Å². The van der Waals surface area contributed by atoms with Gasteiger partial charge in [-0.1, -0.05) is 6.07 Å². The molecule has 0 unspecified atom stereocenters. The molecule has 1 aromatic rings. The Morgan fingerprint density at radius 3 is 2.50 bits per heavy atom. The normalized spacial score (nSPS) is 10.6. The number of carbonyl (C=O) groups excluding carboxylic acids is 1. The number of nitrogens with one attached hydrogen (secondary N) is 1. The van der Waals surface area contributed by atoms with E-state index in [2.05, 4.69) is 5.32 Å². The summed E-state index contributed by atoms with van der Waals surface area (Å²) in [5, 5.41) is 20.6. The van der Waals surface area contributed by atoms with Crippen molar-refractivity contribution < 1.29 is 14.7 Å². The molecule has 0 aliphatic heterocycles. The van der Waals surface area contributed by atoms with Crippen molar-refractivity contribution in [2.45, 2.75) is 26.3 Å². The average molecular weight is 275 g/mol. The zero-order valence-corrected chi connectivity index (χ0v) is 11.9. The smallest absolute Gasteiger partial charge is 0.329 e. The van der Waals surface area contributed by atoms with Crippen molar-refractivity contribution in [1.82, 2.24) is 4.90 Å². The predicted molar refractivity (Wildman–Crippen MR) is 74.4 cm³/mol. The largest absolute Gasteiger partial charge is 0.480 e. The van der Waals surface area contributed by atoms with Crippen LogP contribution in [0.5, 0.6) is 0 Å². The van der Waals surface area contributed by atoms with Crippen molar-refractivity contribution in [3.8, 4) is 6.07 Å². The Hall–Kier alpha value is -2.55.